The van der Waals surface area contributed by atoms with Crippen molar-refractivity contribution < 1.29 is 23.8 Å². The van der Waals surface area contributed by atoms with E-state index >= 15 is 0 Å². The van der Waals surface area contributed by atoms with Crippen molar-refractivity contribution in [1.82, 2.24) is 9.78 Å². The van der Waals surface area contributed by atoms with Gasteiger partial charge in [-0.05, 0) is 97.6 Å². The lowest BCUT2D eigenvalue weighted by molar-refractivity contribution is -0.179. The predicted octanol–water partition coefficient (Wildman–Crippen LogP) is 4.43. The Morgan fingerprint density at radius 1 is 1.23 bits per heavy atom. The van der Waals surface area contributed by atoms with Gasteiger partial charge in [-0.2, -0.15) is 5.10 Å². The van der Waals surface area contributed by atoms with Crippen LogP contribution in [0.3, 0.4) is 0 Å². The van der Waals surface area contributed by atoms with Crippen molar-refractivity contribution in [3.8, 4) is 5.69 Å². The highest BCUT2D eigenvalue weighted by Crippen LogP contribution is 2.67. The van der Waals surface area contributed by atoms with E-state index < -0.39 is 29.6 Å². The first-order chi connectivity index (χ1) is 16.6. The number of nitrogens with zero attached hydrogens (tertiary/aromatic N) is 2. The number of aliphatic hydroxyl groups is 2. The number of Topliss-reactive ketones (excluding diaryl/α,β-unsaturated/α-hetero) is 1. The van der Waals surface area contributed by atoms with Crippen molar-refractivity contribution in [2.45, 2.75) is 64.1 Å². The largest absolute Gasteiger partial charge is 0.393 e. The fourth-order valence-electron chi connectivity index (χ4n) is 8.55. The summed E-state index contributed by atoms with van der Waals surface area (Å²) in [4.78, 5) is 12.5. The number of carbonyl (C=O) groups excluding carboxylic acids is 1. The molecule has 0 amide bonds. The fourth-order valence-corrected chi connectivity index (χ4v) is 8.55. The van der Waals surface area contributed by atoms with Crippen LogP contribution in [0, 0.1) is 34.4 Å². The second kappa shape index (κ2) is 7.56. The highest BCUT2D eigenvalue weighted by molar-refractivity contribution is 5.89. The summed E-state index contributed by atoms with van der Waals surface area (Å²) in [7, 11) is 0. The molecule has 3 fully saturated rings. The van der Waals surface area contributed by atoms with Gasteiger partial charge in [0, 0.05) is 5.41 Å². The van der Waals surface area contributed by atoms with Crippen LogP contribution in [-0.4, -0.2) is 44.2 Å². The van der Waals surface area contributed by atoms with Crippen LogP contribution in [0.25, 0.3) is 11.8 Å². The summed E-state index contributed by atoms with van der Waals surface area (Å²) >= 11 is 0. The summed E-state index contributed by atoms with van der Waals surface area (Å²) in [6.45, 7) is 2.94. The van der Waals surface area contributed by atoms with Crippen molar-refractivity contribution >= 4 is 11.9 Å². The number of benzene rings is 1. The van der Waals surface area contributed by atoms with Crippen LogP contribution in [0.2, 0.25) is 0 Å². The predicted molar refractivity (Wildman–Crippen MR) is 127 cm³/mol. The zero-order valence-corrected chi connectivity index (χ0v) is 20.2. The molecule has 4 aliphatic carbocycles. The number of aromatic nitrogens is 2. The van der Waals surface area contributed by atoms with Crippen LogP contribution >= 0.6 is 0 Å². The number of ketones is 1. The van der Waals surface area contributed by atoms with E-state index in [9.17, 15) is 23.8 Å². The van der Waals surface area contributed by atoms with Gasteiger partial charge in [-0.15, -0.1) is 0 Å². The molecule has 186 valence electrons. The second-order valence-corrected chi connectivity index (χ2v) is 11.7. The maximum absolute atomic E-state index is 13.4. The first-order valence-electron chi connectivity index (χ1n) is 12.7. The van der Waals surface area contributed by atoms with E-state index in [1.165, 1.54) is 17.7 Å². The molecule has 7 heteroatoms. The number of hydrogen-bond acceptors (Lipinski definition) is 4. The molecule has 0 spiro atoms. The summed E-state index contributed by atoms with van der Waals surface area (Å²) in [6, 6.07) is 6.30. The smallest absolute Gasteiger partial charge is 0.195 e. The van der Waals surface area contributed by atoms with Crippen molar-refractivity contribution in [2.24, 2.45) is 28.6 Å². The number of carbonyl (C=O) groups is 1. The Hall–Kier alpha value is -2.38. The normalized spacial score (nSPS) is 39.8. The van der Waals surface area contributed by atoms with Gasteiger partial charge in [0.25, 0.3) is 0 Å². The molecule has 2 N–H and O–H groups in total. The van der Waals surface area contributed by atoms with Gasteiger partial charge < -0.3 is 10.2 Å². The lowest BCUT2D eigenvalue weighted by atomic mass is 9.45. The van der Waals surface area contributed by atoms with Crippen LogP contribution in [0.4, 0.5) is 8.78 Å². The summed E-state index contributed by atoms with van der Waals surface area (Å²) in [5.41, 5.74) is 1.40. The van der Waals surface area contributed by atoms with Gasteiger partial charge in [0.15, 0.2) is 12.5 Å². The molecule has 2 aromatic rings. The molecule has 4 aliphatic rings. The molecule has 3 unspecified atom stereocenters. The van der Waals surface area contributed by atoms with Crippen LogP contribution in [0.5, 0.6) is 0 Å². The number of fused-ring (bicyclic) bond motifs is 6. The minimum atomic E-state index is -1.70. The maximum Gasteiger partial charge on any atom is 0.195 e. The Bertz CT molecular complexity index is 1220. The summed E-state index contributed by atoms with van der Waals surface area (Å²) in [5, 5.41) is 27.5. The highest BCUT2D eigenvalue weighted by atomic mass is 19.1. The van der Waals surface area contributed by atoms with Crippen molar-refractivity contribution in [1.29, 1.82) is 0 Å². The number of alkyl halides is 1. The van der Waals surface area contributed by atoms with Gasteiger partial charge in [-0.1, -0.05) is 19.4 Å². The molecule has 6 rings (SSSR count). The molecule has 5 nitrogen and oxygen atoms in total. The average molecular weight is 482 g/mol. The van der Waals surface area contributed by atoms with Crippen LogP contribution in [0.15, 0.2) is 36.0 Å². The van der Waals surface area contributed by atoms with Gasteiger partial charge in [-0.3, -0.25) is 4.79 Å². The molecule has 1 heterocycles. The van der Waals surface area contributed by atoms with Gasteiger partial charge >= 0.3 is 0 Å². The molecule has 0 aliphatic heterocycles. The SMILES string of the molecule is C[C@]12Cc3cnn(-c4ccc(F)cc4)c3C=C1CCC1C2[C@@H](O)C[C@@]2(C)C1CC[C@]2(O)C(=O)C[18F]. The Balaban J connectivity index is 1.37. The van der Waals surface area contributed by atoms with E-state index in [-0.39, 0.29) is 35.4 Å². The van der Waals surface area contributed by atoms with E-state index in [0.717, 1.165) is 36.2 Å². The topological polar surface area (TPSA) is 75.3 Å². The minimum Gasteiger partial charge on any atom is -0.393 e. The van der Waals surface area contributed by atoms with E-state index in [4.69, 9.17) is 0 Å². The lowest BCUT2D eigenvalue weighted by Crippen LogP contribution is -2.62. The fraction of sp³-hybridized carbons (Fsp3) is 0.571. The first-order valence-corrected chi connectivity index (χ1v) is 12.7. The lowest BCUT2D eigenvalue weighted by Gasteiger charge is -2.60. The van der Waals surface area contributed by atoms with Gasteiger partial charge in [-0.25, -0.2) is 13.5 Å². The number of aliphatic hydroxyl groups excluding tert-OH is 1. The molecule has 35 heavy (non-hydrogen) atoms. The van der Waals surface area contributed by atoms with Crippen molar-refractivity contribution in [3.63, 3.8) is 0 Å². The van der Waals surface area contributed by atoms with E-state index in [2.05, 4.69) is 18.1 Å². The van der Waals surface area contributed by atoms with Crippen LogP contribution < -0.4 is 0 Å². The monoisotopic (exact) mass is 481 g/mol. The molecule has 0 bridgehead atoms. The van der Waals surface area contributed by atoms with Crippen molar-refractivity contribution in [3.05, 3.63) is 53.1 Å². The number of allylic oxidation sites excluding steroid dienone is 1. The quantitative estimate of drug-likeness (QED) is 0.680. The molecule has 0 radical (unpaired) electrons. The third-order valence-electron chi connectivity index (χ3n) is 10.2. The van der Waals surface area contributed by atoms with E-state index in [0.29, 0.717) is 12.8 Å². The molecular formula is C28H32F2N2O3. The minimum absolute atomic E-state index is 0.00859. The summed E-state index contributed by atoms with van der Waals surface area (Å²) in [5.74, 6) is -0.819. The third-order valence-corrected chi connectivity index (χ3v) is 10.2. The van der Waals surface area contributed by atoms with E-state index in [1.54, 1.807) is 12.1 Å². The van der Waals surface area contributed by atoms with Gasteiger partial charge in [0.1, 0.15) is 11.4 Å². The molecule has 0 saturated heterocycles. The Morgan fingerprint density at radius 3 is 2.69 bits per heavy atom. The molecule has 7 atom stereocenters. The van der Waals surface area contributed by atoms with Gasteiger partial charge in [0.2, 0.25) is 0 Å². The maximum atomic E-state index is 13.4. The number of halogens is 2. The zero-order chi connectivity index (χ0) is 24.8. The molecular weight excluding hydrogens is 449 g/mol. The summed E-state index contributed by atoms with van der Waals surface area (Å²) < 4.78 is 28.7. The average Bonchev–Trinajstić information content (AvgIpc) is 3.35. The number of rotatable bonds is 3. The Morgan fingerprint density at radius 2 is 1.97 bits per heavy atom. The van der Waals surface area contributed by atoms with Crippen LogP contribution in [-0.2, 0) is 11.2 Å². The second-order valence-electron chi connectivity index (χ2n) is 11.7. The molecule has 3 saturated carbocycles. The molecule has 1 aromatic carbocycles. The highest BCUT2D eigenvalue weighted by Gasteiger charge is 2.68. The first kappa shape index (κ1) is 23.0. The molecule has 1 aromatic heterocycles. The standard InChI is InChI=1S/C28H32F2N2O3/c1-26-12-16-15-31-32(19-6-4-18(30)5-7-19)22(16)11-17(26)3-8-20-21-9-10-28(35,24(34)14-29)27(21,2)13-23(33)25(20)26/h4-7,11,15,20-21,23,25,33,35H,3,8-10,12-14H2,1-2H3/t20?,21?,23-,25?,26-,27-,28-/m0/s1/i29-1. The Labute approximate surface area is 203 Å². The Kier molecular flexibility index (Phi) is 4.98. The van der Waals surface area contributed by atoms with Crippen molar-refractivity contribution in [2.75, 3.05) is 6.67 Å². The van der Waals surface area contributed by atoms with Gasteiger partial charge in [0.05, 0.1) is 23.7 Å². The number of hydrogen-bond donors (Lipinski definition) is 2. The van der Waals surface area contributed by atoms with Crippen LogP contribution in [0.1, 0.15) is 57.2 Å². The van der Waals surface area contributed by atoms with E-state index in [1.807, 2.05) is 17.8 Å². The third kappa shape index (κ3) is 2.97. The zero-order valence-electron chi connectivity index (χ0n) is 20.2. The summed E-state index contributed by atoms with van der Waals surface area (Å²) in [6.07, 6.45) is 7.08.